The zero-order valence-corrected chi connectivity index (χ0v) is 28.3. The number of aliphatic carboxylic acids is 1. The molecule has 3 N–H and O–H groups in total. The average molecular weight is 700 g/mol. The Hall–Kier alpha value is -4.72. The van der Waals surface area contributed by atoms with Crippen molar-refractivity contribution in [3.8, 4) is 17.0 Å². The van der Waals surface area contributed by atoms with Crippen LogP contribution in [0.1, 0.15) is 43.8 Å². The Morgan fingerprint density at radius 2 is 1.63 bits per heavy atom. The number of ether oxygens (including phenoxy) is 2. The van der Waals surface area contributed by atoms with Crippen LogP contribution in [0, 0.1) is 0 Å². The van der Waals surface area contributed by atoms with E-state index >= 15 is 0 Å². The summed E-state index contributed by atoms with van der Waals surface area (Å²) in [5, 5.41) is 14.3. The number of nitrogens with one attached hydrogen (secondary N) is 2. The molecule has 0 atom stereocenters. The van der Waals surface area contributed by atoms with Gasteiger partial charge in [0.25, 0.3) is 0 Å². The van der Waals surface area contributed by atoms with Gasteiger partial charge in [0, 0.05) is 60.8 Å². The summed E-state index contributed by atoms with van der Waals surface area (Å²) >= 11 is 1.56. The molecule has 0 radical (unpaired) electrons. The number of aromatic nitrogens is 1. The number of carbonyl (C=O) groups is 3. The third-order valence-corrected chi connectivity index (χ3v) is 7.49. The van der Waals surface area contributed by atoms with Crippen LogP contribution in [0.15, 0.2) is 85.1 Å². The Morgan fingerprint density at radius 3 is 2.29 bits per heavy atom. The van der Waals surface area contributed by atoms with Crippen LogP contribution in [-0.4, -0.2) is 68.8 Å². The van der Waals surface area contributed by atoms with Gasteiger partial charge in [0.15, 0.2) is 0 Å². The van der Waals surface area contributed by atoms with Gasteiger partial charge in [0.05, 0.1) is 24.3 Å². The van der Waals surface area contributed by atoms with Crippen molar-refractivity contribution in [3.05, 3.63) is 113 Å². The fraction of sp³-hybridized carbons (Fsp3) is 0.278. The number of carboxylic acids is 1. The van der Waals surface area contributed by atoms with Crippen molar-refractivity contribution < 1.29 is 42.1 Å². The maximum atomic E-state index is 12.2. The number of benzene rings is 3. The first-order valence-electron chi connectivity index (χ1n) is 15.0. The van der Waals surface area contributed by atoms with Gasteiger partial charge in [0.1, 0.15) is 24.9 Å². The Balaban J connectivity index is 0.000000265. The van der Waals surface area contributed by atoms with E-state index in [1.54, 1.807) is 56.4 Å². The van der Waals surface area contributed by atoms with Crippen molar-refractivity contribution in [1.29, 1.82) is 0 Å². The van der Waals surface area contributed by atoms with Gasteiger partial charge in [-0.25, -0.2) is 0 Å². The van der Waals surface area contributed by atoms with E-state index in [0.29, 0.717) is 42.2 Å². The molecule has 49 heavy (non-hydrogen) atoms. The molecule has 3 aromatic carbocycles. The van der Waals surface area contributed by atoms with Crippen molar-refractivity contribution >= 4 is 36.0 Å². The first-order chi connectivity index (χ1) is 23.5. The van der Waals surface area contributed by atoms with Gasteiger partial charge in [0.2, 0.25) is 0 Å². The van der Waals surface area contributed by atoms with Crippen molar-refractivity contribution in [2.24, 2.45) is 0 Å². The van der Waals surface area contributed by atoms with E-state index in [-0.39, 0.29) is 6.42 Å². The quantitative estimate of drug-likeness (QED) is 0.0862. The zero-order valence-electron chi connectivity index (χ0n) is 27.5. The molecule has 262 valence electrons. The molecule has 0 unspecified atom stereocenters. The molecule has 4 aromatic rings. The van der Waals surface area contributed by atoms with E-state index < -0.39 is 17.7 Å². The lowest BCUT2D eigenvalue weighted by atomic mass is 10.1. The molecule has 0 amide bonds. The number of methoxy groups -OCH3 is 1. The van der Waals surface area contributed by atoms with Crippen molar-refractivity contribution in [2.45, 2.75) is 24.9 Å². The normalized spacial score (nSPS) is 10.5. The van der Waals surface area contributed by atoms with Crippen LogP contribution in [-0.2, 0) is 28.0 Å². The maximum Gasteiger partial charge on any atom is 0.416 e. The summed E-state index contributed by atoms with van der Waals surface area (Å²) in [5.74, 6) is 1.30. The van der Waals surface area contributed by atoms with Crippen LogP contribution >= 0.6 is 11.8 Å². The minimum atomic E-state index is -4.25. The Kier molecular flexibility index (Phi) is 18.2. The number of thioether (sulfide) groups is 1. The van der Waals surface area contributed by atoms with Gasteiger partial charge in [-0.15, -0.1) is 0 Å². The largest absolute Gasteiger partial charge is 0.491 e. The second-order valence-corrected chi connectivity index (χ2v) is 11.3. The molecule has 4 rings (SSSR count). The molecule has 1 heterocycles. The van der Waals surface area contributed by atoms with Crippen LogP contribution in [0.5, 0.6) is 5.75 Å². The van der Waals surface area contributed by atoms with Gasteiger partial charge in [-0.05, 0) is 60.6 Å². The first-order valence-corrected chi connectivity index (χ1v) is 16.2. The van der Waals surface area contributed by atoms with E-state index in [2.05, 4.69) is 15.6 Å². The predicted molar refractivity (Wildman–Crippen MR) is 186 cm³/mol. The molecule has 1 aromatic heterocycles. The van der Waals surface area contributed by atoms with E-state index in [1.165, 1.54) is 6.07 Å². The monoisotopic (exact) mass is 699 g/mol. The molecule has 0 saturated heterocycles. The smallest absolute Gasteiger partial charge is 0.416 e. The number of anilines is 1. The zero-order chi connectivity index (χ0) is 36.1. The molecule has 0 saturated carbocycles. The van der Waals surface area contributed by atoms with Gasteiger partial charge in [-0.1, -0.05) is 36.4 Å². The molecule has 0 fully saturated rings. The minimum absolute atomic E-state index is 0.179. The second kappa shape index (κ2) is 22.0. The van der Waals surface area contributed by atoms with E-state index in [0.717, 1.165) is 58.7 Å². The molecule has 0 aliphatic rings. The Labute approximate surface area is 288 Å². The highest BCUT2D eigenvalue weighted by molar-refractivity contribution is 7.98. The van der Waals surface area contributed by atoms with Crippen molar-refractivity contribution in [1.82, 2.24) is 10.3 Å². The summed E-state index contributed by atoms with van der Waals surface area (Å²) in [6.07, 6.45) is -0.826. The highest BCUT2D eigenvalue weighted by Gasteiger charge is 2.30. The van der Waals surface area contributed by atoms with Gasteiger partial charge in [-0.2, -0.15) is 24.9 Å². The van der Waals surface area contributed by atoms with Crippen molar-refractivity contribution in [2.75, 3.05) is 45.5 Å². The van der Waals surface area contributed by atoms with Crippen molar-refractivity contribution in [3.63, 3.8) is 0 Å². The topological polar surface area (TPSA) is 127 Å². The molecule has 0 bridgehead atoms. The van der Waals surface area contributed by atoms with Crippen LogP contribution in [0.3, 0.4) is 0 Å². The Bertz CT molecular complexity index is 1620. The number of aldehydes is 2. The first kappa shape index (κ1) is 40.5. The van der Waals surface area contributed by atoms with Crippen LogP contribution in [0.25, 0.3) is 11.3 Å². The number of rotatable bonds is 15. The lowest BCUT2D eigenvalue weighted by Gasteiger charge is -2.12. The predicted octanol–water partition coefficient (Wildman–Crippen LogP) is 7.26. The Morgan fingerprint density at radius 1 is 0.918 bits per heavy atom. The number of nitrogens with zero attached hydrogens (tertiary/aromatic N) is 1. The summed E-state index contributed by atoms with van der Waals surface area (Å²) in [7, 11) is 5.17. The second-order valence-electron chi connectivity index (χ2n) is 10.2. The molecule has 0 aliphatic carbocycles. The van der Waals surface area contributed by atoms with E-state index in [1.807, 2.05) is 43.4 Å². The number of carboxylic acid groups (broad SMARTS) is 1. The van der Waals surface area contributed by atoms with Crippen LogP contribution in [0.4, 0.5) is 18.9 Å². The van der Waals surface area contributed by atoms with Crippen LogP contribution in [0.2, 0.25) is 0 Å². The highest BCUT2D eigenvalue weighted by atomic mass is 32.2. The summed E-state index contributed by atoms with van der Waals surface area (Å²) in [5.41, 5.74) is 4.87. The molecular formula is C36H40F3N3O6S. The molecule has 9 nitrogen and oxygen atoms in total. The molecule has 0 spiro atoms. The van der Waals surface area contributed by atoms with Gasteiger partial charge in [-0.3, -0.25) is 19.4 Å². The highest BCUT2D eigenvalue weighted by Crippen LogP contribution is 2.31. The van der Waals surface area contributed by atoms with E-state index in [4.69, 9.17) is 14.6 Å². The third-order valence-electron chi connectivity index (χ3n) is 6.46. The SMILES string of the molecule is CNCc1cccc(C(F)(F)F)c1.CNc1ccc(OCCOC)cc1-c1cc(C=O)ccn1.O=Cc1cccc(CSCCC(=O)O)c1. The van der Waals surface area contributed by atoms with Crippen LogP contribution < -0.4 is 15.4 Å². The number of alkyl halides is 3. The lowest BCUT2D eigenvalue weighted by Crippen LogP contribution is -2.08. The lowest BCUT2D eigenvalue weighted by molar-refractivity contribution is -0.138. The number of pyridine rings is 1. The number of halogens is 3. The minimum Gasteiger partial charge on any atom is -0.491 e. The maximum absolute atomic E-state index is 12.2. The number of hydrogen-bond acceptors (Lipinski definition) is 9. The summed E-state index contributed by atoms with van der Waals surface area (Å²) < 4.78 is 47.1. The number of carbonyl (C=O) groups excluding carboxylic acids is 2. The summed E-state index contributed by atoms with van der Waals surface area (Å²) in [6.45, 7) is 1.46. The van der Waals surface area contributed by atoms with E-state index in [9.17, 15) is 27.6 Å². The third kappa shape index (κ3) is 15.4. The average Bonchev–Trinajstić information content (AvgIpc) is 3.11. The fourth-order valence-electron chi connectivity index (χ4n) is 4.12. The fourth-order valence-corrected chi connectivity index (χ4v) is 5.00. The molecular weight excluding hydrogens is 659 g/mol. The number of hydrogen-bond donors (Lipinski definition) is 3. The standard InChI is InChI=1S/C16H18N2O3.C11H12O3S.C9H10F3N/c1-17-15-4-3-13(21-8-7-20-2)10-14(15)16-9-12(11-19)5-6-18-16;12-7-9-2-1-3-10(6-9)8-15-5-4-11(13)14;1-13-6-7-3-2-4-8(5-7)9(10,11)12/h3-6,9-11,17H,7-8H2,1-2H3;1-3,6-7H,4-5,8H2,(H,13,14);2-5,13H,6H2,1H3. The summed E-state index contributed by atoms with van der Waals surface area (Å²) in [4.78, 5) is 36.0. The summed E-state index contributed by atoms with van der Waals surface area (Å²) in [6, 6.07) is 21.8. The van der Waals surface area contributed by atoms with Gasteiger partial charge >= 0.3 is 12.1 Å². The van der Waals surface area contributed by atoms with Gasteiger partial charge < -0.3 is 25.2 Å². The molecule has 0 aliphatic heterocycles. The molecule has 13 heteroatoms.